The number of carbonyl (C=O) groups excluding carboxylic acids is 1. The van der Waals surface area contributed by atoms with Gasteiger partial charge >= 0.3 is 5.76 Å². The van der Waals surface area contributed by atoms with Crippen LogP contribution in [0.25, 0.3) is 0 Å². The molecule has 2 atom stereocenters. The molecule has 1 aromatic carbocycles. The van der Waals surface area contributed by atoms with Crippen LogP contribution in [0.4, 0.5) is 11.6 Å². The molecule has 2 heterocycles. The summed E-state index contributed by atoms with van der Waals surface area (Å²) in [6.45, 7) is 4.50. The van der Waals surface area contributed by atoms with Crippen LogP contribution < -0.4 is 16.0 Å². The van der Waals surface area contributed by atoms with Crippen molar-refractivity contribution in [3.8, 4) is 0 Å². The Morgan fingerprint density at radius 3 is 2.86 bits per heavy atom. The maximum absolute atomic E-state index is 12.7. The molecule has 0 saturated carbocycles. The summed E-state index contributed by atoms with van der Waals surface area (Å²) < 4.78 is 4.61. The van der Waals surface area contributed by atoms with Crippen molar-refractivity contribution < 1.29 is 9.32 Å². The van der Waals surface area contributed by atoms with Crippen LogP contribution in [0.2, 0.25) is 0 Å². The number of anilines is 2. The summed E-state index contributed by atoms with van der Waals surface area (Å²) in [7, 11) is 0. The first kappa shape index (κ1) is 14.4. The number of amides is 1. The van der Waals surface area contributed by atoms with Crippen molar-refractivity contribution >= 4 is 17.5 Å². The second-order valence-electron chi connectivity index (χ2n) is 5.52. The molecule has 0 spiro atoms. The number of H-pyrrole nitrogens is 1. The average molecular weight is 302 g/mol. The molecule has 3 rings (SSSR count). The molecule has 7 nitrogen and oxygen atoms in total. The molecule has 1 aliphatic heterocycles. The van der Waals surface area contributed by atoms with E-state index in [2.05, 4.69) is 20.0 Å². The molecular weight excluding hydrogens is 284 g/mol. The van der Waals surface area contributed by atoms with E-state index >= 15 is 0 Å². The van der Waals surface area contributed by atoms with Crippen LogP contribution in [0.1, 0.15) is 25.8 Å². The normalized spacial score (nSPS) is 19.3. The molecule has 7 heteroatoms. The molecule has 0 fully saturated rings. The van der Waals surface area contributed by atoms with Crippen LogP contribution in [0.15, 0.2) is 33.6 Å². The number of aromatic amines is 1. The second kappa shape index (κ2) is 5.67. The summed E-state index contributed by atoms with van der Waals surface area (Å²) >= 11 is 0. The quantitative estimate of drug-likeness (QED) is 0.901. The van der Waals surface area contributed by atoms with E-state index in [1.54, 1.807) is 4.90 Å². The third-order valence-corrected chi connectivity index (χ3v) is 4.10. The number of para-hydroxylation sites is 1. The fourth-order valence-electron chi connectivity index (χ4n) is 2.75. The molecule has 2 aromatic rings. The van der Waals surface area contributed by atoms with Gasteiger partial charge in [0.2, 0.25) is 11.9 Å². The number of hydrogen-bond acceptors (Lipinski definition) is 5. The maximum atomic E-state index is 12.7. The molecule has 0 aliphatic carbocycles. The largest absolute Gasteiger partial charge is 0.440 e. The van der Waals surface area contributed by atoms with Crippen molar-refractivity contribution in [3.05, 3.63) is 40.4 Å². The number of nitrogens with zero attached hydrogens (tertiary/aromatic N) is 2. The van der Waals surface area contributed by atoms with E-state index in [0.717, 1.165) is 17.7 Å². The summed E-state index contributed by atoms with van der Waals surface area (Å²) in [5.41, 5.74) is 1.75. The highest BCUT2D eigenvalue weighted by Crippen LogP contribution is 2.29. The molecule has 1 aliphatic rings. The first-order valence-electron chi connectivity index (χ1n) is 7.31. The van der Waals surface area contributed by atoms with Gasteiger partial charge in [0, 0.05) is 12.2 Å². The third kappa shape index (κ3) is 2.49. The van der Waals surface area contributed by atoms with Gasteiger partial charge in [-0.25, -0.2) is 4.79 Å². The average Bonchev–Trinajstić information content (AvgIpc) is 2.87. The van der Waals surface area contributed by atoms with Crippen molar-refractivity contribution in [1.29, 1.82) is 0 Å². The Bertz CT molecular complexity index is 736. The Labute approximate surface area is 127 Å². The number of rotatable bonds is 3. The van der Waals surface area contributed by atoms with E-state index in [4.69, 9.17) is 0 Å². The standard InChI is InChI=1S/C15H18N4O3/c1-3-9(2)12-13(20)16-11-7-5-4-6-10(11)8-19(12)14-17-15(21)22-18-14/h4-7,9,12H,3,8H2,1-2H3,(H,16,20)(H,17,18,21). The molecule has 22 heavy (non-hydrogen) atoms. The van der Waals surface area contributed by atoms with Gasteiger partial charge < -0.3 is 10.2 Å². The van der Waals surface area contributed by atoms with Crippen molar-refractivity contribution in [2.24, 2.45) is 5.92 Å². The van der Waals surface area contributed by atoms with E-state index in [0.29, 0.717) is 6.54 Å². The Morgan fingerprint density at radius 1 is 1.41 bits per heavy atom. The first-order chi connectivity index (χ1) is 10.6. The van der Waals surface area contributed by atoms with Crippen LogP contribution in [0.3, 0.4) is 0 Å². The van der Waals surface area contributed by atoms with Crippen molar-refractivity contribution in [1.82, 2.24) is 10.1 Å². The Hall–Kier alpha value is -2.57. The zero-order chi connectivity index (χ0) is 15.7. The lowest BCUT2D eigenvalue weighted by Crippen LogP contribution is -2.46. The molecule has 116 valence electrons. The predicted molar refractivity (Wildman–Crippen MR) is 81.6 cm³/mol. The van der Waals surface area contributed by atoms with E-state index in [9.17, 15) is 9.59 Å². The SMILES string of the molecule is CCC(C)C1C(=O)Nc2ccccc2CN1c1noc(=O)[nH]1. The highest BCUT2D eigenvalue weighted by Gasteiger charge is 2.35. The van der Waals surface area contributed by atoms with Crippen LogP contribution in [0.5, 0.6) is 0 Å². The van der Waals surface area contributed by atoms with E-state index in [1.807, 2.05) is 38.1 Å². The van der Waals surface area contributed by atoms with Gasteiger partial charge in [-0.3, -0.25) is 14.3 Å². The van der Waals surface area contributed by atoms with Crippen LogP contribution in [-0.4, -0.2) is 22.1 Å². The molecule has 0 radical (unpaired) electrons. The van der Waals surface area contributed by atoms with Crippen molar-refractivity contribution in [2.45, 2.75) is 32.9 Å². The summed E-state index contributed by atoms with van der Waals surface area (Å²) in [6.07, 6.45) is 0.826. The lowest BCUT2D eigenvalue weighted by Gasteiger charge is -2.31. The zero-order valence-corrected chi connectivity index (χ0v) is 12.5. The van der Waals surface area contributed by atoms with Gasteiger partial charge in [0.1, 0.15) is 6.04 Å². The van der Waals surface area contributed by atoms with Crippen LogP contribution in [0, 0.1) is 5.92 Å². The van der Waals surface area contributed by atoms with Gasteiger partial charge in [-0.15, -0.1) is 0 Å². The third-order valence-electron chi connectivity index (χ3n) is 4.10. The Balaban J connectivity index is 2.08. The number of aromatic nitrogens is 2. The summed E-state index contributed by atoms with van der Waals surface area (Å²) in [6, 6.07) is 7.18. The van der Waals surface area contributed by atoms with Crippen molar-refractivity contribution in [2.75, 3.05) is 10.2 Å². The van der Waals surface area contributed by atoms with Crippen LogP contribution in [-0.2, 0) is 11.3 Å². The van der Waals surface area contributed by atoms with Gasteiger partial charge in [0.25, 0.3) is 0 Å². The van der Waals surface area contributed by atoms with E-state index < -0.39 is 11.8 Å². The van der Waals surface area contributed by atoms with Crippen LogP contribution >= 0.6 is 0 Å². The number of hydrogen-bond donors (Lipinski definition) is 2. The molecule has 0 saturated heterocycles. The molecular formula is C15H18N4O3. The van der Waals surface area contributed by atoms with Gasteiger partial charge in [-0.1, -0.05) is 38.5 Å². The number of nitrogens with one attached hydrogen (secondary N) is 2. The fraction of sp³-hybridized carbons (Fsp3) is 0.400. The zero-order valence-electron chi connectivity index (χ0n) is 12.5. The molecule has 0 bridgehead atoms. The number of carbonyl (C=O) groups is 1. The smallest absolute Gasteiger partial charge is 0.324 e. The molecule has 1 aromatic heterocycles. The van der Waals surface area contributed by atoms with E-state index in [1.165, 1.54) is 0 Å². The number of benzene rings is 1. The monoisotopic (exact) mass is 302 g/mol. The summed E-state index contributed by atoms with van der Waals surface area (Å²) in [5.74, 6) is -0.365. The van der Waals surface area contributed by atoms with Gasteiger partial charge in [-0.05, 0) is 22.7 Å². The molecule has 2 N–H and O–H groups in total. The minimum atomic E-state index is -0.629. The highest BCUT2D eigenvalue weighted by atomic mass is 16.5. The highest BCUT2D eigenvalue weighted by molar-refractivity contribution is 5.98. The first-order valence-corrected chi connectivity index (χ1v) is 7.31. The van der Waals surface area contributed by atoms with Gasteiger partial charge in [-0.2, -0.15) is 0 Å². The summed E-state index contributed by atoms with van der Waals surface area (Å²) in [5, 5.41) is 6.72. The molecule has 1 amide bonds. The second-order valence-corrected chi connectivity index (χ2v) is 5.52. The lowest BCUT2D eigenvalue weighted by molar-refractivity contribution is -0.118. The number of fused-ring (bicyclic) bond motifs is 1. The lowest BCUT2D eigenvalue weighted by atomic mass is 9.97. The predicted octanol–water partition coefficient (Wildman–Crippen LogP) is 1.74. The summed E-state index contributed by atoms with van der Waals surface area (Å²) in [4.78, 5) is 28.3. The minimum Gasteiger partial charge on any atom is -0.324 e. The minimum absolute atomic E-state index is 0.0921. The fourth-order valence-corrected chi connectivity index (χ4v) is 2.75. The van der Waals surface area contributed by atoms with E-state index in [-0.39, 0.29) is 17.8 Å². The van der Waals surface area contributed by atoms with Crippen molar-refractivity contribution in [3.63, 3.8) is 0 Å². The maximum Gasteiger partial charge on any atom is 0.440 e. The Kier molecular flexibility index (Phi) is 3.70. The Morgan fingerprint density at radius 2 is 2.18 bits per heavy atom. The van der Waals surface area contributed by atoms with Gasteiger partial charge in [0.05, 0.1) is 0 Å². The molecule has 2 unspecified atom stereocenters. The topological polar surface area (TPSA) is 91.2 Å². The van der Waals surface area contributed by atoms with Gasteiger partial charge in [0.15, 0.2) is 0 Å².